The third-order valence-electron chi connectivity index (χ3n) is 3.38. The number of ether oxygens (including phenoxy) is 1. The molecule has 22 heavy (non-hydrogen) atoms. The van der Waals surface area contributed by atoms with Gasteiger partial charge in [0.2, 0.25) is 5.91 Å². The van der Waals surface area contributed by atoms with Crippen LogP contribution in [0.3, 0.4) is 0 Å². The van der Waals surface area contributed by atoms with Crippen LogP contribution in [0.1, 0.15) is 39.2 Å². The van der Waals surface area contributed by atoms with Crippen molar-refractivity contribution in [2.75, 3.05) is 13.1 Å². The Kier molecular flexibility index (Phi) is 5.45. The normalized spacial score (nSPS) is 18.9. The second-order valence-electron chi connectivity index (χ2n) is 6.64. The highest BCUT2D eigenvalue weighted by Gasteiger charge is 2.28. The summed E-state index contributed by atoms with van der Waals surface area (Å²) in [5.41, 5.74) is 0.536. The molecule has 1 aromatic rings. The lowest BCUT2D eigenvalue weighted by molar-refractivity contribution is -0.121. The van der Waals surface area contributed by atoms with Crippen molar-refractivity contribution in [1.29, 1.82) is 0 Å². The molecule has 0 aliphatic carbocycles. The largest absolute Gasteiger partial charge is 0.444 e. The fourth-order valence-corrected chi connectivity index (χ4v) is 3.11. The third kappa shape index (κ3) is 5.33. The zero-order valence-corrected chi connectivity index (χ0v) is 14.2. The van der Waals surface area contributed by atoms with Gasteiger partial charge in [0.15, 0.2) is 0 Å². The number of likely N-dealkylation sites (tertiary alicyclic amines) is 1. The van der Waals surface area contributed by atoms with E-state index in [1.54, 1.807) is 16.2 Å². The van der Waals surface area contributed by atoms with Crippen molar-refractivity contribution < 1.29 is 14.3 Å². The number of amides is 2. The van der Waals surface area contributed by atoms with E-state index in [2.05, 4.69) is 5.32 Å². The Morgan fingerprint density at radius 3 is 2.86 bits per heavy atom. The van der Waals surface area contributed by atoms with Crippen LogP contribution < -0.4 is 5.32 Å². The van der Waals surface area contributed by atoms with Gasteiger partial charge in [0.05, 0.1) is 6.42 Å². The quantitative estimate of drug-likeness (QED) is 0.930. The molecule has 1 saturated heterocycles. The van der Waals surface area contributed by atoms with Crippen molar-refractivity contribution >= 4 is 23.3 Å². The predicted octanol–water partition coefficient (Wildman–Crippen LogP) is 2.81. The van der Waals surface area contributed by atoms with Gasteiger partial charge in [-0.25, -0.2) is 4.79 Å². The second kappa shape index (κ2) is 7.13. The van der Waals surface area contributed by atoms with E-state index >= 15 is 0 Å². The summed E-state index contributed by atoms with van der Waals surface area (Å²) in [6, 6.07) is 1.96. The fraction of sp³-hybridized carbons (Fsp3) is 0.625. The van der Waals surface area contributed by atoms with E-state index in [1.807, 2.05) is 37.6 Å². The third-order valence-corrected chi connectivity index (χ3v) is 4.12. The van der Waals surface area contributed by atoms with Gasteiger partial charge in [0.25, 0.3) is 0 Å². The maximum absolute atomic E-state index is 12.1. The van der Waals surface area contributed by atoms with Gasteiger partial charge in [-0.15, -0.1) is 0 Å². The SMILES string of the molecule is CC(C)(C)OC(=O)N1CCC[C@H](NC(=O)Cc2ccsc2)C1. The molecule has 0 aromatic carbocycles. The van der Waals surface area contributed by atoms with Crippen LogP contribution in [0, 0.1) is 0 Å². The molecule has 2 heterocycles. The number of hydrogen-bond acceptors (Lipinski definition) is 4. The molecule has 2 rings (SSSR count). The minimum atomic E-state index is -0.494. The van der Waals surface area contributed by atoms with Crippen molar-refractivity contribution in [3.05, 3.63) is 22.4 Å². The van der Waals surface area contributed by atoms with E-state index < -0.39 is 5.60 Å². The van der Waals surface area contributed by atoms with E-state index in [4.69, 9.17) is 4.74 Å². The molecule has 1 aromatic heterocycles. The lowest BCUT2D eigenvalue weighted by Gasteiger charge is -2.34. The lowest BCUT2D eigenvalue weighted by atomic mass is 10.1. The molecule has 0 spiro atoms. The van der Waals surface area contributed by atoms with E-state index in [9.17, 15) is 9.59 Å². The number of rotatable bonds is 3. The summed E-state index contributed by atoms with van der Waals surface area (Å²) < 4.78 is 5.39. The molecule has 1 N–H and O–H groups in total. The van der Waals surface area contributed by atoms with Crippen molar-refractivity contribution in [2.45, 2.75) is 51.7 Å². The molecule has 1 fully saturated rings. The summed E-state index contributed by atoms with van der Waals surface area (Å²) >= 11 is 1.59. The number of thiophene rings is 1. The average Bonchev–Trinajstić information content (AvgIpc) is 2.89. The van der Waals surface area contributed by atoms with E-state index in [1.165, 1.54) is 0 Å². The van der Waals surface area contributed by atoms with Crippen molar-refractivity contribution in [1.82, 2.24) is 10.2 Å². The Bertz CT molecular complexity index is 508. The van der Waals surface area contributed by atoms with E-state index in [0.717, 1.165) is 18.4 Å². The molecule has 1 atom stereocenters. The van der Waals surface area contributed by atoms with Crippen LogP contribution in [0.5, 0.6) is 0 Å². The zero-order valence-electron chi connectivity index (χ0n) is 13.4. The molecule has 6 heteroatoms. The molecule has 1 aliphatic rings. The lowest BCUT2D eigenvalue weighted by Crippen LogP contribution is -2.50. The Morgan fingerprint density at radius 2 is 2.23 bits per heavy atom. The van der Waals surface area contributed by atoms with Gasteiger partial charge < -0.3 is 15.0 Å². The van der Waals surface area contributed by atoms with E-state index in [0.29, 0.717) is 19.5 Å². The van der Waals surface area contributed by atoms with Crippen LogP contribution in [0.4, 0.5) is 4.79 Å². The number of hydrogen-bond donors (Lipinski definition) is 1. The first-order chi connectivity index (χ1) is 10.3. The molecular formula is C16H24N2O3S. The first-order valence-electron chi connectivity index (χ1n) is 7.62. The molecule has 122 valence electrons. The molecule has 0 saturated carbocycles. The molecule has 2 amide bonds. The minimum Gasteiger partial charge on any atom is -0.444 e. The standard InChI is InChI=1S/C16H24N2O3S/c1-16(2,3)21-15(20)18-7-4-5-13(10-18)17-14(19)9-12-6-8-22-11-12/h6,8,11,13H,4-5,7,9-10H2,1-3H3,(H,17,19)/t13-/m0/s1. The smallest absolute Gasteiger partial charge is 0.410 e. The molecule has 0 unspecified atom stereocenters. The number of piperidine rings is 1. The fourth-order valence-electron chi connectivity index (χ4n) is 2.44. The maximum Gasteiger partial charge on any atom is 0.410 e. The second-order valence-corrected chi connectivity index (χ2v) is 7.42. The molecule has 1 aliphatic heterocycles. The van der Waals surface area contributed by atoms with Crippen LogP contribution in [0.15, 0.2) is 16.8 Å². The molecular weight excluding hydrogens is 300 g/mol. The van der Waals surface area contributed by atoms with Crippen molar-refractivity contribution in [2.24, 2.45) is 0 Å². The highest BCUT2D eigenvalue weighted by atomic mass is 32.1. The highest BCUT2D eigenvalue weighted by Crippen LogP contribution is 2.15. The highest BCUT2D eigenvalue weighted by molar-refractivity contribution is 7.07. The van der Waals surface area contributed by atoms with Gasteiger partial charge in [0, 0.05) is 19.1 Å². The summed E-state index contributed by atoms with van der Waals surface area (Å²) in [6.07, 6.45) is 1.87. The Morgan fingerprint density at radius 1 is 1.45 bits per heavy atom. The summed E-state index contributed by atoms with van der Waals surface area (Å²) in [7, 11) is 0. The van der Waals surface area contributed by atoms with Gasteiger partial charge in [-0.1, -0.05) is 0 Å². The van der Waals surface area contributed by atoms with Crippen molar-refractivity contribution in [3.8, 4) is 0 Å². The topological polar surface area (TPSA) is 58.6 Å². The Balaban J connectivity index is 1.82. The first kappa shape index (κ1) is 16.8. The van der Waals surface area contributed by atoms with Crippen LogP contribution in [-0.4, -0.2) is 41.6 Å². The van der Waals surface area contributed by atoms with Gasteiger partial charge in [-0.3, -0.25) is 4.79 Å². The number of carbonyl (C=O) groups is 2. The van der Waals surface area contributed by atoms with Crippen LogP contribution in [0.2, 0.25) is 0 Å². The van der Waals surface area contributed by atoms with Gasteiger partial charge in [-0.2, -0.15) is 11.3 Å². The Hall–Kier alpha value is -1.56. The molecule has 5 nitrogen and oxygen atoms in total. The van der Waals surface area contributed by atoms with Gasteiger partial charge in [-0.05, 0) is 56.0 Å². The molecule has 0 bridgehead atoms. The summed E-state index contributed by atoms with van der Waals surface area (Å²) in [6.45, 7) is 6.77. The zero-order chi connectivity index (χ0) is 16.2. The summed E-state index contributed by atoms with van der Waals surface area (Å²) in [5, 5.41) is 6.97. The number of nitrogens with zero attached hydrogens (tertiary/aromatic N) is 1. The first-order valence-corrected chi connectivity index (χ1v) is 8.56. The minimum absolute atomic E-state index is 0.00686. The van der Waals surface area contributed by atoms with Gasteiger partial charge in [0.1, 0.15) is 5.60 Å². The number of nitrogens with one attached hydrogen (secondary N) is 1. The van der Waals surface area contributed by atoms with Gasteiger partial charge >= 0.3 is 6.09 Å². The predicted molar refractivity (Wildman–Crippen MR) is 87.0 cm³/mol. The summed E-state index contributed by atoms with van der Waals surface area (Å²) in [4.78, 5) is 25.8. The monoisotopic (exact) mass is 324 g/mol. The van der Waals surface area contributed by atoms with Crippen LogP contribution in [-0.2, 0) is 16.0 Å². The van der Waals surface area contributed by atoms with Crippen LogP contribution in [0.25, 0.3) is 0 Å². The maximum atomic E-state index is 12.1. The Labute approximate surface area is 135 Å². The molecule has 0 radical (unpaired) electrons. The van der Waals surface area contributed by atoms with E-state index in [-0.39, 0.29) is 18.0 Å². The average molecular weight is 324 g/mol. The summed E-state index contributed by atoms with van der Waals surface area (Å²) in [5.74, 6) is 0.00874. The van der Waals surface area contributed by atoms with Crippen molar-refractivity contribution in [3.63, 3.8) is 0 Å². The van der Waals surface area contributed by atoms with Crippen LogP contribution >= 0.6 is 11.3 Å². The number of carbonyl (C=O) groups excluding carboxylic acids is 2.